The first kappa shape index (κ1) is 18.3. The lowest BCUT2D eigenvalue weighted by Gasteiger charge is -2.09. The molecule has 0 aromatic heterocycles. The monoisotopic (exact) mass is 390 g/mol. The van der Waals surface area contributed by atoms with Crippen LogP contribution in [0.3, 0.4) is 0 Å². The van der Waals surface area contributed by atoms with Gasteiger partial charge in [0.15, 0.2) is 0 Å². The molecule has 0 radical (unpaired) electrons. The zero-order chi connectivity index (χ0) is 17.0. The number of anilines is 1. The van der Waals surface area contributed by atoms with E-state index in [2.05, 4.69) is 26.6 Å². The van der Waals surface area contributed by atoms with Gasteiger partial charge in [0.2, 0.25) is 5.91 Å². The third kappa shape index (κ3) is 7.04. The maximum Gasteiger partial charge on any atom is 0.220 e. The second kappa shape index (κ2) is 10.7. The van der Waals surface area contributed by atoms with Crippen LogP contribution in [0.4, 0.5) is 5.69 Å². The van der Waals surface area contributed by atoms with Crippen molar-refractivity contribution in [2.75, 3.05) is 25.0 Å². The van der Waals surface area contributed by atoms with Crippen LogP contribution in [0.1, 0.15) is 19.3 Å². The number of nitrogens with one attached hydrogen (secondary N) is 2. The summed E-state index contributed by atoms with van der Waals surface area (Å²) in [4.78, 5) is 11.8. The first-order chi connectivity index (χ1) is 11.8. The Labute approximate surface area is 151 Å². The summed E-state index contributed by atoms with van der Waals surface area (Å²) in [7, 11) is 0. The van der Waals surface area contributed by atoms with E-state index in [1.807, 2.05) is 54.6 Å². The zero-order valence-electron chi connectivity index (χ0n) is 13.6. The van der Waals surface area contributed by atoms with Crippen molar-refractivity contribution in [3.63, 3.8) is 0 Å². The summed E-state index contributed by atoms with van der Waals surface area (Å²) in [6, 6.07) is 17.8. The van der Waals surface area contributed by atoms with Crippen molar-refractivity contribution in [1.82, 2.24) is 5.32 Å². The molecule has 2 aromatic carbocycles. The molecule has 0 saturated heterocycles. The summed E-state index contributed by atoms with van der Waals surface area (Å²) in [5.41, 5.74) is 1.10. The number of rotatable bonds is 10. The fraction of sp³-hybridized carbons (Fsp3) is 0.316. The standard InChI is InChI=1S/C19H23BrN2O2/c20-17-10-4-5-11-18(17)24-15-6-12-19(23)22-14-7-13-21-16-8-2-1-3-9-16/h1-5,8-11,21H,6-7,12-15H2,(H,22,23). The average Bonchev–Trinajstić information content (AvgIpc) is 2.61. The van der Waals surface area contributed by atoms with Crippen LogP contribution < -0.4 is 15.4 Å². The number of benzene rings is 2. The smallest absolute Gasteiger partial charge is 0.220 e. The molecule has 2 aromatic rings. The van der Waals surface area contributed by atoms with Gasteiger partial charge < -0.3 is 15.4 Å². The number of amides is 1. The SMILES string of the molecule is O=C(CCCOc1ccccc1Br)NCCCNc1ccccc1. The number of carbonyl (C=O) groups is 1. The topological polar surface area (TPSA) is 50.4 Å². The summed E-state index contributed by atoms with van der Waals surface area (Å²) < 4.78 is 6.57. The van der Waals surface area contributed by atoms with E-state index in [0.717, 1.165) is 28.9 Å². The van der Waals surface area contributed by atoms with Crippen molar-refractivity contribution < 1.29 is 9.53 Å². The minimum absolute atomic E-state index is 0.0745. The summed E-state index contributed by atoms with van der Waals surface area (Å²) in [6.07, 6.45) is 2.08. The maximum absolute atomic E-state index is 11.8. The van der Waals surface area contributed by atoms with Crippen LogP contribution in [0, 0.1) is 0 Å². The van der Waals surface area contributed by atoms with Crippen molar-refractivity contribution in [2.45, 2.75) is 19.3 Å². The van der Waals surface area contributed by atoms with E-state index in [0.29, 0.717) is 26.0 Å². The molecule has 0 spiro atoms. The van der Waals surface area contributed by atoms with Gasteiger partial charge in [0, 0.05) is 25.2 Å². The molecule has 0 atom stereocenters. The van der Waals surface area contributed by atoms with E-state index < -0.39 is 0 Å². The third-order valence-corrected chi connectivity index (χ3v) is 4.08. The van der Waals surface area contributed by atoms with Crippen molar-refractivity contribution in [3.05, 3.63) is 59.1 Å². The van der Waals surface area contributed by atoms with E-state index >= 15 is 0 Å². The molecule has 5 heteroatoms. The molecule has 0 heterocycles. The highest BCUT2D eigenvalue weighted by Crippen LogP contribution is 2.23. The molecule has 0 aliphatic rings. The summed E-state index contributed by atoms with van der Waals surface area (Å²) >= 11 is 3.43. The number of hydrogen-bond donors (Lipinski definition) is 2. The highest BCUT2D eigenvalue weighted by atomic mass is 79.9. The lowest BCUT2D eigenvalue weighted by atomic mass is 10.3. The molecular formula is C19H23BrN2O2. The van der Waals surface area contributed by atoms with Gasteiger partial charge in [-0.25, -0.2) is 0 Å². The highest BCUT2D eigenvalue weighted by molar-refractivity contribution is 9.10. The lowest BCUT2D eigenvalue weighted by Crippen LogP contribution is -2.25. The molecule has 128 valence electrons. The quantitative estimate of drug-likeness (QED) is 0.596. The second-order valence-electron chi connectivity index (χ2n) is 5.38. The zero-order valence-corrected chi connectivity index (χ0v) is 15.2. The molecule has 4 nitrogen and oxygen atoms in total. The molecular weight excluding hydrogens is 368 g/mol. The first-order valence-electron chi connectivity index (χ1n) is 8.18. The Morgan fingerprint density at radius 1 is 0.958 bits per heavy atom. The third-order valence-electron chi connectivity index (χ3n) is 3.42. The Kier molecular flexibility index (Phi) is 8.18. The van der Waals surface area contributed by atoms with Crippen LogP contribution >= 0.6 is 15.9 Å². The molecule has 0 fully saturated rings. The Hall–Kier alpha value is -2.01. The van der Waals surface area contributed by atoms with Gasteiger partial charge in [0.25, 0.3) is 0 Å². The van der Waals surface area contributed by atoms with Gasteiger partial charge in [-0.1, -0.05) is 30.3 Å². The predicted molar refractivity (Wildman–Crippen MR) is 101 cm³/mol. The van der Waals surface area contributed by atoms with Crippen LogP contribution in [-0.2, 0) is 4.79 Å². The average molecular weight is 391 g/mol. The van der Waals surface area contributed by atoms with Gasteiger partial charge in [-0.05, 0) is 53.0 Å². The Morgan fingerprint density at radius 2 is 1.71 bits per heavy atom. The first-order valence-corrected chi connectivity index (χ1v) is 8.98. The van der Waals surface area contributed by atoms with Crippen molar-refractivity contribution >= 4 is 27.5 Å². The summed E-state index contributed by atoms with van der Waals surface area (Å²) in [6.45, 7) is 2.06. The number of hydrogen-bond acceptors (Lipinski definition) is 3. The van der Waals surface area contributed by atoms with Crippen LogP contribution in [0.5, 0.6) is 5.75 Å². The van der Waals surface area contributed by atoms with Gasteiger partial charge >= 0.3 is 0 Å². The molecule has 1 amide bonds. The largest absolute Gasteiger partial charge is 0.492 e. The fourth-order valence-corrected chi connectivity index (χ4v) is 2.57. The minimum atomic E-state index is 0.0745. The Morgan fingerprint density at radius 3 is 2.50 bits per heavy atom. The molecule has 2 N–H and O–H groups in total. The van der Waals surface area contributed by atoms with Gasteiger partial charge in [-0.3, -0.25) is 4.79 Å². The van der Waals surface area contributed by atoms with Crippen LogP contribution in [0.25, 0.3) is 0 Å². The van der Waals surface area contributed by atoms with Crippen molar-refractivity contribution in [1.29, 1.82) is 0 Å². The molecule has 2 rings (SSSR count). The highest BCUT2D eigenvalue weighted by Gasteiger charge is 2.02. The second-order valence-corrected chi connectivity index (χ2v) is 6.23. The number of ether oxygens (including phenoxy) is 1. The number of para-hydroxylation sites is 2. The molecule has 0 aliphatic carbocycles. The number of carbonyl (C=O) groups excluding carboxylic acids is 1. The van der Waals surface area contributed by atoms with Gasteiger partial charge in [0.05, 0.1) is 11.1 Å². The minimum Gasteiger partial charge on any atom is -0.492 e. The van der Waals surface area contributed by atoms with Crippen LogP contribution in [-0.4, -0.2) is 25.6 Å². The normalized spacial score (nSPS) is 10.2. The van der Waals surface area contributed by atoms with Crippen LogP contribution in [0.15, 0.2) is 59.1 Å². The summed E-state index contributed by atoms with van der Waals surface area (Å²) in [5.74, 6) is 0.885. The maximum atomic E-state index is 11.8. The van der Waals surface area contributed by atoms with Gasteiger partial charge in [-0.15, -0.1) is 0 Å². The lowest BCUT2D eigenvalue weighted by molar-refractivity contribution is -0.121. The van der Waals surface area contributed by atoms with Crippen LogP contribution in [0.2, 0.25) is 0 Å². The molecule has 0 unspecified atom stereocenters. The molecule has 0 bridgehead atoms. The van der Waals surface area contributed by atoms with Gasteiger partial charge in [0.1, 0.15) is 5.75 Å². The van der Waals surface area contributed by atoms with E-state index in [9.17, 15) is 4.79 Å². The Balaban J connectivity index is 1.49. The fourth-order valence-electron chi connectivity index (χ4n) is 2.17. The van der Waals surface area contributed by atoms with Gasteiger partial charge in [-0.2, -0.15) is 0 Å². The van der Waals surface area contributed by atoms with E-state index in [4.69, 9.17) is 4.74 Å². The molecule has 0 aliphatic heterocycles. The van der Waals surface area contributed by atoms with Crippen molar-refractivity contribution in [2.24, 2.45) is 0 Å². The van der Waals surface area contributed by atoms with E-state index in [1.165, 1.54) is 0 Å². The molecule has 24 heavy (non-hydrogen) atoms. The van der Waals surface area contributed by atoms with Crippen molar-refractivity contribution in [3.8, 4) is 5.75 Å². The van der Waals surface area contributed by atoms with E-state index in [1.54, 1.807) is 0 Å². The van der Waals surface area contributed by atoms with E-state index in [-0.39, 0.29) is 5.91 Å². The summed E-state index contributed by atoms with van der Waals surface area (Å²) in [5, 5.41) is 6.25. The Bertz CT molecular complexity index is 620. The predicted octanol–water partition coefficient (Wildman–Crippen LogP) is 4.23. The number of halogens is 1. The molecule has 0 saturated carbocycles.